The molecule has 2 N–H and O–H groups in total. The van der Waals surface area contributed by atoms with Gasteiger partial charge in [0.1, 0.15) is 11.5 Å². The van der Waals surface area contributed by atoms with Gasteiger partial charge < -0.3 is 10.3 Å². The second kappa shape index (κ2) is 7.16. The minimum atomic E-state index is -0.750. The van der Waals surface area contributed by atoms with Crippen molar-refractivity contribution in [2.24, 2.45) is 0 Å². The van der Waals surface area contributed by atoms with Crippen molar-refractivity contribution < 1.29 is 14.0 Å². The summed E-state index contributed by atoms with van der Waals surface area (Å²) in [4.78, 5) is 31.3. The number of halogens is 3. The molecule has 8 heteroatoms. The number of H-pyrrole nitrogens is 1. The lowest BCUT2D eigenvalue weighted by atomic mass is 10.1. The van der Waals surface area contributed by atoms with E-state index >= 15 is 0 Å². The molecule has 5 nitrogen and oxygen atoms in total. The second-order valence-electron chi connectivity index (χ2n) is 5.05. The first kappa shape index (κ1) is 17.3. The lowest BCUT2D eigenvalue weighted by Crippen LogP contribution is -2.12. The summed E-state index contributed by atoms with van der Waals surface area (Å²) >= 11 is 8.97. The molecule has 0 bridgehead atoms. The Hall–Kier alpha value is -2.51. The zero-order valence-electron chi connectivity index (χ0n) is 12.5. The fourth-order valence-electron chi connectivity index (χ4n) is 2.17. The van der Waals surface area contributed by atoms with E-state index in [4.69, 9.17) is 11.6 Å². The van der Waals surface area contributed by atoms with Gasteiger partial charge in [0.05, 0.1) is 26.9 Å². The van der Waals surface area contributed by atoms with Crippen LogP contribution in [0, 0.1) is 5.82 Å². The van der Waals surface area contributed by atoms with Crippen molar-refractivity contribution >= 4 is 44.9 Å². The summed E-state index contributed by atoms with van der Waals surface area (Å²) in [6.45, 7) is 0. The summed E-state index contributed by atoms with van der Waals surface area (Å²) < 4.78 is 14.3. The van der Waals surface area contributed by atoms with Crippen LogP contribution in [0.25, 0.3) is 0 Å². The molecule has 3 rings (SSSR count). The van der Waals surface area contributed by atoms with Crippen LogP contribution in [-0.4, -0.2) is 21.7 Å². The van der Waals surface area contributed by atoms with Crippen LogP contribution in [0.4, 0.5) is 10.1 Å². The van der Waals surface area contributed by atoms with E-state index in [2.05, 4.69) is 31.2 Å². The van der Waals surface area contributed by atoms with Crippen molar-refractivity contribution in [2.45, 2.75) is 0 Å². The molecule has 0 saturated carbocycles. The third kappa shape index (κ3) is 3.62. The third-order valence-corrected chi connectivity index (χ3v) is 4.31. The van der Waals surface area contributed by atoms with E-state index in [1.807, 2.05) is 0 Å². The molecular weight excluding hydrogens is 413 g/mol. The van der Waals surface area contributed by atoms with Crippen LogP contribution < -0.4 is 5.32 Å². The summed E-state index contributed by atoms with van der Waals surface area (Å²) in [5.74, 6) is -1.83. The Morgan fingerprint density at radius 1 is 1.28 bits per heavy atom. The average molecular weight is 423 g/mol. The van der Waals surface area contributed by atoms with Gasteiger partial charge in [0.25, 0.3) is 5.91 Å². The molecule has 0 radical (unpaired) electrons. The van der Waals surface area contributed by atoms with E-state index < -0.39 is 17.5 Å². The first-order chi connectivity index (χ1) is 12.0. The van der Waals surface area contributed by atoms with Crippen LogP contribution in [-0.2, 0) is 0 Å². The highest BCUT2D eigenvalue weighted by Crippen LogP contribution is 2.28. The number of pyridine rings is 1. The molecule has 1 aromatic carbocycles. The molecule has 0 saturated heterocycles. The van der Waals surface area contributed by atoms with Gasteiger partial charge in [0, 0.05) is 18.0 Å². The van der Waals surface area contributed by atoms with Crippen molar-refractivity contribution in [1.82, 2.24) is 9.97 Å². The van der Waals surface area contributed by atoms with E-state index in [9.17, 15) is 14.0 Å². The smallest absolute Gasteiger partial charge is 0.272 e. The van der Waals surface area contributed by atoms with Crippen molar-refractivity contribution in [3.63, 3.8) is 0 Å². The Kier molecular flexibility index (Phi) is 4.96. The number of aromatic nitrogens is 2. The van der Waals surface area contributed by atoms with Gasteiger partial charge >= 0.3 is 0 Å². The maximum Gasteiger partial charge on any atom is 0.272 e. The Morgan fingerprint density at radius 2 is 2.08 bits per heavy atom. The number of aromatic amines is 1. The zero-order valence-corrected chi connectivity index (χ0v) is 14.9. The number of benzene rings is 1. The highest BCUT2D eigenvalue weighted by Gasteiger charge is 2.22. The van der Waals surface area contributed by atoms with Gasteiger partial charge in [-0.15, -0.1) is 0 Å². The molecule has 3 aromatic rings. The topological polar surface area (TPSA) is 74.8 Å². The van der Waals surface area contributed by atoms with Crippen LogP contribution in [0.3, 0.4) is 0 Å². The van der Waals surface area contributed by atoms with Crippen molar-refractivity contribution in [1.29, 1.82) is 0 Å². The number of hydrogen-bond donors (Lipinski definition) is 2. The Balaban J connectivity index is 1.85. The number of nitrogens with one attached hydrogen (secondary N) is 2. The molecule has 0 spiro atoms. The summed E-state index contributed by atoms with van der Waals surface area (Å²) in [6, 6.07) is 7.53. The quantitative estimate of drug-likeness (QED) is 0.482. The largest absolute Gasteiger partial charge is 0.356 e. The number of carbonyl (C=O) groups is 2. The van der Waals surface area contributed by atoms with Gasteiger partial charge in [-0.1, -0.05) is 11.6 Å². The number of ketones is 1. The van der Waals surface area contributed by atoms with Crippen LogP contribution in [0.15, 0.2) is 53.4 Å². The highest BCUT2D eigenvalue weighted by molar-refractivity contribution is 9.10. The normalized spacial score (nSPS) is 10.5. The Morgan fingerprint density at radius 3 is 2.80 bits per heavy atom. The molecule has 126 valence electrons. The van der Waals surface area contributed by atoms with Gasteiger partial charge in [0.15, 0.2) is 5.78 Å². The molecule has 0 atom stereocenters. The van der Waals surface area contributed by atoms with Crippen LogP contribution in [0.1, 0.15) is 26.4 Å². The number of amides is 1. The molecule has 0 aliphatic rings. The van der Waals surface area contributed by atoms with Gasteiger partial charge in [-0.05, 0) is 46.3 Å². The van der Waals surface area contributed by atoms with Gasteiger partial charge in [-0.3, -0.25) is 14.6 Å². The van der Waals surface area contributed by atoms with E-state index in [0.29, 0.717) is 5.69 Å². The first-order valence-corrected chi connectivity index (χ1v) is 8.22. The summed E-state index contributed by atoms with van der Waals surface area (Å²) in [7, 11) is 0. The van der Waals surface area contributed by atoms with Gasteiger partial charge in [-0.25, -0.2) is 4.39 Å². The molecule has 0 unspecified atom stereocenters. The molecule has 0 aliphatic carbocycles. The minimum Gasteiger partial charge on any atom is -0.356 e. The number of carbonyl (C=O) groups excluding carboxylic acids is 2. The summed E-state index contributed by atoms with van der Waals surface area (Å²) in [6.07, 6.45) is 4.40. The van der Waals surface area contributed by atoms with Crippen molar-refractivity contribution in [2.75, 3.05) is 5.32 Å². The lowest BCUT2D eigenvalue weighted by molar-refractivity contribution is 0.102. The van der Waals surface area contributed by atoms with E-state index in [1.54, 1.807) is 18.3 Å². The molecule has 2 aromatic heterocycles. The predicted octanol–water partition coefficient (Wildman–Crippen LogP) is 4.45. The number of hydrogen-bond acceptors (Lipinski definition) is 3. The Bertz CT molecular complexity index is 960. The molecule has 2 heterocycles. The summed E-state index contributed by atoms with van der Waals surface area (Å²) in [5.41, 5.74) is 0.527. The van der Waals surface area contributed by atoms with Crippen molar-refractivity contribution in [3.05, 3.63) is 81.1 Å². The fourth-order valence-corrected chi connectivity index (χ4v) is 2.73. The Labute approximate surface area is 155 Å². The van der Waals surface area contributed by atoms with Crippen LogP contribution >= 0.6 is 27.5 Å². The van der Waals surface area contributed by atoms with Gasteiger partial charge in [0.2, 0.25) is 0 Å². The molecule has 0 fully saturated rings. The van der Waals surface area contributed by atoms with Crippen molar-refractivity contribution in [3.8, 4) is 0 Å². The van der Waals surface area contributed by atoms with Gasteiger partial charge in [-0.2, -0.15) is 0 Å². The average Bonchev–Trinajstić information content (AvgIpc) is 3.09. The predicted molar refractivity (Wildman–Crippen MR) is 95.5 cm³/mol. The second-order valence-corrected chi connectivity index (χ2v) is 6.31. The highest BCUT2D eigenvalue weighted by atomic mass is 79.9. The number of anilines is 1. The number of rotatable bonds is 4. The lowest BCUT2D eigenvalue weighted by Gasteiger charge is -2.05. The third-order valence-electron chi connectivity index (χ3n) is 3.38. The standard InChI is InChI=1S/C17H10BrClFN3O2/c18-11-3-4-12(19)14(15(11)20)16(24)9-6-13(22-7-9)17(25)23-10-2-1-5-21-8-10/h1-8,22H,(H,23,25). The zero-order chi connectivity index (χ0) is 18.0. The van der Waals surface area contributed by atoms with Crippen LogP contribution in [0.5, 0.6) is 0 Å². The SMILES string of the molecule is O=C(Nc1cccnc1)c1cc(C(=O)c2c(Cl)ccc(Br)c2F)c[nH]1. The first-order valence-electron chi connectivity index (χ1n) is 7.05. The maximum absolute atomic E-state index is 14.2. The summed E-state index contributed by atoms with van der Waals surface area (Å²) in [5, 5.41) is 2.62. The maximum atomic E-state index is 14.2. The number of nitrogens with zero attached hydrogens (tertiary/aromatic N) is 1. The molecule has 25 heavy (non-hydrogen) atoms. The fraction of sp³-hybridized carbons (Fsp3) is 0. The molecule has 0 aliphatic heterocycles. The van der Waals surface area contributed by atoms with E-state index in [-0.39, 0.29) is 26.3 Å². The van der Waals surface area contributed by atoms with Crippen LogP contribution in [0.2, 0.25) is 5.02 Å². The molecular formula is C17H10BrClFN3O2. The van der Waals surface area contributed by atoms with E-state index in [1.165, 1.54) is 30.6 Å². The monoisotopic (exact) mass is 421 g/mol. The minimum absolute atomic E-state index is 0.00624. The molecule has 1 amide bonds. The van der Waals surface area contributed by atoms with E-state index in [0.717, 1.165) is 0 Å².